The number of rotatable bonds is 3. The summed E-state index contributed by atoms with van der Waals surface area (Å²) in [7, 11) is 0. The lowest BCUT2D eigenvalue weighted by Gasteiger charge is -2.16. The van der Waals surface area contributed by atoms with E-state index in [2.05, 4.69) is 35.9 Å². The number of nitrogens with two attached hydrogens (primary N) is 1. The topological polar surface area (TPSA) is 54.7 Å². The minimum Gasteiger partial charge on any atom is -0.347 e. The number of hydrogen-bond acceptors (Lipinski definition) is 2. The van der Waals surface area contributed by atoms with Crippen molar-refractivity contribution in [2.24, 2.45) is 5.73 Å². The fourth-order valence-electron chi connectivity index (χ4n) is 1.91. The third-order valence-electron chi connectivity index (χ3n) is 2.77. The summed E-state index contributed by atoms with van der Waals surface area (Å²) >= 11 is 0. The Bertz CT molecular complexity index is 446. The molecule has 16 heavy (non-hydrogen) atoms. The number of benzene rings is 1. The molecule has 2 aromatic rings. The quantitative estimate of drug-likeness (QED) is 0.826. The first-order valence-electron chi connectivity index (χ1n) is 5.54. The zero-order chi connectivity index (χ0) is 11.5. The van der Waals surface area contributed by atoms with E-state index in [1.807, 2.05) is 12.1 Å². The van der Waals surface area contributed by atoms with Crippen LogP contribution in [0.4, 0.5) is 0 Å². The second-order valence-electron chi connectivity index (χ2n) is 4.24. The Labute approximate surface area is 95.7 Å². The van der Waals surface area contributed by atoms with Gasteiger partial charge >= 0.3 is 0 Å². The summed E-state index contributed by atoms with van der Waals surface area (Å²) in [6, 6.07) is 8.09. The highest BCUT2D eigenvalue weighted by atomic mass is 14.9. The van der Waals surface area contributed by atoms with Crippen molar-refractivity contribution < 1.29 is 0 Å². The standard InChI is InChI=1S/C13H17N3/c1-9(2)10-5-3-4-6-11(10)12(14)13-15-7-8-16-13/h3-9,12H,14H2,1-2H3,(H,15,16). The van der Waals surface area contributed by atoms with E-state index >= 15 is 0 Å². The lowest BCUT2D eigenvalue weighted by molar-refractivity contribution is 0.759. The first-order valence-corrected chi connectivity index (χ1v) is 5.54. The molecule has 84 valence electrons. The highest BCUT2D eigenvalue weighted by Gasteiger charge is 2.15. The van der Waals surface area contributed by atoms with Crippen LogP contribution in [0.3, 0.4) is 0 Å². The number of nitrogens with zero attached hydrogens (tertiary/aromatic N) is 1. The van der Waals surface area contributed by atoms with Gasteiger partial charge in [-0.3, -0.25) is 0 Å². The lowest BCUT2D eigenvalue weighted by Crippen LogP contribution is -2.16. The van der Waals surface area contributed by atoms with Crippen LogP contribution in [-0.4, -0.2) is 9.97 Å². The maximum Gasteiger partial charge on any atom is 0.127 e. The Morgan fingerprint density at radius 3 is 2.44 bits per heavy atom. The second kappa shape index (κ2) is 4.49. The van der Waals surface area contributed by atoms with E-state index in [1.54, 1.807) is 12.4 Å². The second-order valence-corrected chi connectivity index (χ2v) is 4.24. The van der Waals surface area contributed by atoms with Gasteiger partial charge in [0.15, 0.2) is 0 Å². The van der Waals surface area contributed by atoms with Gasteiger partial charge in [-0.2, -0.15) is 0 Å². The molecule has 0 aliphatic heterocycles. The van der Waals surface area contributed by atoms with Gasteiger partial charge in [0.2, 0.25) is 0 Å². The van der Waals surface area contributed by atoms with Crippen molar-refractivity contribution in [1.29, 1.82) is 0 Å². The van der Waals surface area contributed by atoms with Crippen molar-refractivity contribution in [3.63, 3.8) is 0 Å². The third-order valence-corrected chi connectivity index (χ3v) is 2.77. The SMILES string of the molecule is CC(C)c1ccccc1C(N)c1ncc[nH]1. The number of nitrogens with one attached hydrogen (secondary N) is 1. The summed E-state index contributed by atoms with van der Waals surface area (Å²) in [5, 5.41) is 0. The predicted octanol–water partition coefficient (Wildman–Crippen LogP) is 2.58. The summed E-state index contributed by atoms with van der Waals surface area (Å²) in [6.45, 7) is 4.35. The molecule has 0 aliphatic rings. The first kappa shape index (κ1) is 10.9. The third kappa shape index (κ3) is 1.99. The Kier molecular flexibility index (Phi) is 3.06. The number of aromatic nitrogens is 2. The minimum atomic E-state index is -0.173. The van der Waals surface area contributed by atoms with Crippen molar-refractivity contribution in [2.75, 3.05) is 0 Å². The van der Waals surface area contributed by atoms with Crippen LogP contribution in [0.1, 0.15) is 42.8 Å². The average Bonchev–Trinajstić information content (AvgIpc) is 2.81. The molecular weight excluding hydrogens is 198 g/mol. The van der Waals surface area contributed by atoms with Crippen LogP contribution in [-0.2, 0) is 0 Å². The van der Waals surface area contributed by atoms with Gasteiger partial charge in [0, 0.05) is 12.4 Å². The van der Waals surface area contributed by atoms with Crippen molar-refractivity contribution >= 4 is 0 Å². The first-order chi connectivity index (χ1) is 7.70. The molecule has 0 saturated heterocycles. The summed E-state index contributed by atoms with van der Waals surface area (Å²) < 4.78 is 0. The fourth-order valence-corrected chi connectivity index (χ4v) is 1.91. The maximum absolute atomic E-state index is 6.21. The van der Waals surface area contributed by atoms with Gasteiger partial charge in [0.25, 0.3) is 0 Å². The molecule has 0 spiro atoms. The van der Waals surface area contributed by atoms with Crippen molar-refractivity contribution in [2.45, 2.75) is 25.8 Å². The summed E-state index contributed by atoms with van der Waals surface area (Å²) in [5.41, 5.74) is 8.64. The molecule has 1 aromatic heterocycles. The minimum absolute atomic E-state index is 0.173. The Morgan fingerprint density at radius 2 is 1.88 bits per heavy atom. The zero-order valence-electron chi connectivity index (χ0n) is 9.64. The van der Waals surface area contributed by atoms with E-state index in [0.29, 0.717) is 5.92 Å². The molecule has 1 heterocycles. The Morgan fingerprint density at radius 1 is 1.19 bits per heavy atom. The van der Waals surface area contributed by atoms with Crippen LogP contribution in [0.5, 0.6) is 0 Å². The van der Waals surface area contributed by atoms with E-state index in [-0.39, 0.29) is 6.04 Å². The normalized spacial score (nSPS) is 13.0. The van der Waals surface area contributed by atoms with Gasteiger partial charge in [0.05, 0.1) is 6.04 Å². The van der Waals surface area contributed by atoms with Crippen molar-refractivity contribution in [1.82, 2.24) is 9.97 Å². The van der Waals surface area contributed by atoms with Gasteiger partial charge in [-0.1, -0.05) is 38.1 Å². The molecule has 0 radical (unpaired) electrons. The summed E-state index contributed by atoms with van der Waals surface area (Å²) in [4.78, 5) is 7.28. The largest absolute Gasteiger partial charge is 0.347 e. The molecule has 1 aromatic carbocycles. The molecule has 0 fully saturated rings. The lowest BCUT2D eigenvalue weighted by atomic mass is 9.93. The van der Waals surface area contributed by atoms with Gasteiger partial charge in [-0.05, 0) is 17.0 Å². The van der Waals surface area contributed by atoms with E-state index in [1.165, 1.54) is 5.56 Å². The molecule has 1 unspecified atom stereocenters. The van der Waals surface area contributed by atoms with Crippen LogP contribution in [0, 0.1) is 0 Å². The number of aromatic amines is 1. The number of hydrogen-bond donors (Lipinski definition) is 2. The van der Waals surface area contributed by atoms with Crippen LogP contribution < -0.4 is 5.73 Å². The Balaban J connectivity index is 2.40. The van der Waals surface area contributed by atoms with Gasteiger partial charge in [-0.25, -0.2) is 4.98 Å². The molecule has 3 nitrogen and oxygen atoms in total. The Hall–Kier alpha value is -1.61. The molecular formula is C13H17N3. The zero-order valence-corrected chi connectivity index (χ0v) is 9.64. The highest BCUT2D eigenvalue weighted by Crippen LogP contribution is 2.25. The van der Waals surface area contributed by atoms with E-state index in [0.717, 1.165) is 11.4 Å². The van der Waals surface area contributed by atoms with E-state index < -0.39 is 0 Å². The molecule has 0 bridgehead atoms. The molecule has 0 aliphatic carbocycles. The number of imidazole rings is 1. The predicted molar refractivity (Wildman–Crippen MR) is 65.1 cm³/mol. The summed E-state index contributed by atoms with van der Waals surface area (Å²) in [5.74, 6) is 1.28. The smallest absolute Gasteiger partial charge is 0.127 e. The van der Waals surface area contributed by atoms with Gasteiger partial charge in [-0.15, -0.1) is 0 Å². The molecule has 3 heteroatoms. The van der Waals surface area contributed by atoms with Crippen molar-refractivity contribution in [3.05, 3.63) is 53.6 Å². The van der Waals surface area contributed by atoms with Crippen LogP contribution in [0.25, 0.3) is 0 Å². The molecule has 0 amide bonds. The molecule has 2 rings (SSSR count). The van der Waals surface area contributed by atoms with E-state index in [9.17, 15) is 0 Å². The average molecular weight is 215 g/mol. The number of H-pyrrole nitrogens is 1. The van der Waals surface area contributed by atoms with Crippen LogP contribution >= 0.6 is 0 Å². The monoisotopic (exact) mass is 215 g/mol. The van der Waals surface area contributed by atoms with Gasteiger partial charge < -0.3 is 10.7 Å². The van der Waals surface area contributed by atoms with Gasteiger partial charge in [0.1, 0.15) is 5.82 Å². The summed E-state index contributed by atoms with van der Waals surface area (Å²) in [6.07, 6.45) is 3.53. The van der Waals surface area contributed by atoms with Crippen molar-refractivity contribution in [3.8, 4) is 0 Å². The van der Waals surface area contributed by atoms with Crippen LogP contribution in [0.15, 0.2) is 36.7 Å². The highest BCUT2D eigenvalue weighted by molar-refractivity contribution is 5.35. The molecule has 1 atom stereocenters. The van der Waals surface area contributed by atoms with Crippen LogP contribution in [0.2, 0.25) is 0 Å². The maximum atomic E-state index is 6.21. The molecule has 3 N–H and O–H groups in total. The molecule has 0 saturated carbocycles. The fraction of sp³-hybridized carbons (Fsp3) is 0.308. The van der Waals surface area contributed by atoms with E-state index in [4.69, 9.17) is 5.73 Å².